The maximum atomic E-state index is 14.8. The number of aliphatic hydroxyl groups is 1. The van der Waals surface area contributed by atoms with Crippen molar-refractivity contribution in [1.29, 1.82) is 0 Å². The third-order valence-corrected chi connectivity index (χ3v) is 9.98. The highest BCUT2D eigenvalue weighted by molar-refractivity contribution is 6.07. The number of carbonyl (C=O) groups excluding carboxylic acids is 3. The third-order valence-electron chi connectivity index (χ3n) is 9.98. The van der Waals surface area contributed by atoms with Crippen molar-refractivity contribution in [1.82, 2.24) is 4.90 Å². The van der Waals surface area contributed by atoms with E-state index < -0.39 is 29.1 Å². The van der Waals surface area contributed by atoms with Crippen LogP contribution in [0.1, 0.15) is 50.7 Å². The van der Waals surface area contributed by atoms with Crippen molar-refractivity contribution in [2.45, 2.75) is 70.6 Å². The van der Waals surface area contributed by atoms with Crippen molar-refractivity contribution in [3.05, 3.63) is 77.9 Å². The van der Waals surface area contributed by atoms with E-state index in [1.807, 2.05) is 94.5 Å². The molecule has 2 aromatic rings. The molecule has 4 aliphatic rings. The molecule has 1 N–H and O–H groups in total. The number of hydrogen-bond donors (Lipinski definition) is 1. The molecule has 2 fully saturated rings. The fourth-order valence-electron chi connectivity index (χ4n) is 7.86. The van der Waals surface area contributed by atoms with Crippen LogP contribution in [0.3, 0.4) is 0 Å². The zero-order valence-corrected chi connectivity index (χ0v) is 27.3. The van der Waals surface area contributed by atoms with Crippen molar-refractivity contribution in [3.63, 3.8) is 0 Å². The molecular weight excluding hydrogens is 582 g/mol. The lowest BCUT2D eigenvalue weighted by Crippen LogP contribution is -2.56. The first kappa shape index (κ1) is 32.0. The second-order valence-electron chi connectivity index (χ2n) is 13.1. The molecule has 46 heavy (non-hydrogen) atoms. The minimum atomic E-state index is -1.31. The molecule has 6 rings (SSSR count). The Kier molecular flexibility index (Phi) is 8.83. The first-order valence-corrected chi connectivity index (χ1v) is 16.5. The van der Waals surface area contributed by atoms with Gasteiger partial charge in [0.2, 0.25) is 11.8 Å². The summed E-state index contributed by atoms with van der Waals surface area (Å²) >= 11 is 0. The smallest absolute Gasteiger partial charge is 0.253 e. The number of ether oxygens (including phenoxy) is 2. The van der Waals surface area contributed by atoms with Gasteiger partial charge in [-0.3, -0.25) is 14.4 Å². The molecule has 3 amide bonds. The molecule has 0 saturated carbocycles. The number of nitrogens with zero attached hydrogens (tertiary/aromatic N) is 3. The maximum absolute atomic E-state index is 14.8. The van der Waals surface area contributed by atoms with E-state index in [1.165, 1.54) is 0 Å². The van der Waals surface area contributed by atoms with Gasteiger partial charge in [-0.2, -0.15) is 0 Å². The average Bonchev–Trinajstić information content (AvgIpc) is 3.29. The van der Waals surface area contributed by atoms with E-state index >= 15 is 0 Å². The van der Waals surface area contributed by atoms with Gasteiger partial charge < -0.3 is 29.3 Å². The van der Waals surface area contributed by atoms with E-state index in [1.54, 1.807) is 14.7 Å². The Labute approximate surface area is 271 Å². The van der Waals surface area contributed by atoms with E-state index in [-0.39, 0.29) is 24.3 Å². The van der Waals surface area contributed by atoms with Crippen molar-refractivity contribution in [2.75, 3.05) is 42.6 Å². The van der Waals surface area contributed by atoms with Crippen molar-refractivity contribution in [3.8, 4) is 5.75 Å². The predicted molar refractivity (Wildman–Crippen MR) is 177 cm³/mol. The summed E-state index contributed by atoms with van der Waals surface area (Å²) in [5, 5.41) is 9.26. The molecular formula is C37H45N3O6. The van der Waals surface area contributed by atoms with Gasteiger partial charge in [0.1, 0.15) is 17.4 Å². The summed E-state index contributed by atoms with van der Waals surface area (Å²) in [5.74, 6) is -1.62. The zero-order chi connectivity index (χ0) is 32.6. The minimum absolute atomic E-state index is 0.124. The third kappa shape index (κ3) is 5.33. The van der Waals surface area contributed by atoms with Crippen LogP contribution in [0.15, 0.2) is 66.8 Å². The maximum Gasteiger partial charge on any atom is 0.253 e. The van der Waals surface area contributed by atoms with Crippen LogP contribution in [0.5, 0.6) is 5.75 Å². The minimum Gasteiger partial charge on any atom is -0.494 e. The molecule has 9 nitrogen and oxygen atoms in total. The van der Waals surface area contributed by atoms with Crippen LogP contribution in [0.2, 0.25) is 0 Å². The Bertz CT molecular complexity index is 1550. The fourth-order valence-corrected chi connectivity index (χ4v) is 7.86. The predicted octanol–water partition coefficient (Wildman–Crippen LogP) is 4.73. The quantitative estimate of drug-likeness (QED) is 0.302. The van der Waals surface area contributed by atoms with Crippen molar-refractivity contribution < 1.29 is 29.0 Å². The van der Waals surface area contributed by atoms with Gasteiger partial charge in [-0.1, -0.05) is 49.3 Å². The Morgan fingerprint density at radius 1 is 0.870 bits per heavy atom. The summed E-state index contributed by atoms with van der Waals surface area (Å²) in [6.45, 7) is 9.48. The number of hydrogen-bond acceptors (Lipinski definition) is 6. The summed E-state index contributed by atoms with van der Waals surface area (Å²) < 4.78 is 12.6. The van der Waals surface area contributed by atoms with Gasteiger partial charge in [0, 0.05) is 37.6 Å². The first-order valence-electron chi connectivity index (χ1n) is 16.5. The van der Waals surface area contributed by atoms with Crippen LogP contribution in [0.4, 0.5) is 11.4 Å². The zero-order valence-electron chi connectivity index (χ0n) is 27.3. The highest BCUT2D eigenvalue weighted by Crippen LogP contribution is 2.58. The van der Waals surface area contributed by atoms with Crippen molar-refractivity contribution in [2.24, 2.45) is 11.8 Å². The van der Waals surface area contributed by atoms with E-state index in [4.69, 9.17) is 9.47 Å². The molecule has 4 aliphatic heterocycles. The monoisotopic (exact) mass is 627 g/mol. The lowest BCUT2D eigenvalue weighted by molar-refractivity contribution is -0.144. The average molecular weight is 628 g/mol. The molecule has 0 aromatic heterocycles. The van der Waals surface area contributed by atoms with Gasteiger partial charge in [-0.05, 0) is 82.0 Å². The van der Waals surface area contributed by atoms with Crippen LogP contribution in [0.25, 0.3) is 0 Å². The number of amides is 3. The molecule has 1 spiro atoms. The Balaban J connectivity index is 1.41. The van der Waals surface area contributed by atoms with Crippen LogP contribution in [-0.2, 0) is 19.1 Å². The number of unbranched alkanes of at least 4 members (excludes halogenated alkanes) is 3. The van der Waals surface area contributed by atoms with E-state index in [0.717, 1.165) is 35.4 Å². The van der Waals surface area contributed by atoms with E-state index in [2.05, 4.69) is 0 Å². The van der Waals surface area contributed by atoms with Crippen LogP contribution in [0, 0.1) is 25.7 Å². The summed E-state index contributed by atoms with van der Waals surface area (Å²) in [5.41, 5.74) is 1.11. The number of likely N-dealkylation sites (tertiary alicyclic amines) is 1. The second-order valence-corrected chi connectivity index (χ2v) is 13.1. The van der Waals surface area contributed by atoms with Crippen LogP contribution in [-0.4, -0.2) is 77.8 Å². The van der Waals surface area contributed by atoms with E-state index in [0.29, 0.717) is 44.8 Å². The molecule has 1 unspecified atom stereocenters. The SMILES string of the molecule is CCOc1ccc(N2CC=C[C@@]3(C)O[C@]45C=CCN(c6cc(C)ccc6C)C(=O)C4N(CCCCCCO)C(=O)[C@@H]5[C@H]3C2=O)cc1. The highest BCUT2D eigenvalue weighted by atomic mass is 16.5. The van der Waals surface area contributed by atoms with Gasteiger partial charge >= 0.3 is 0 Å². The Hall–Kier alpha value is -3.95. The lowest BCUT2D eigenvalue weighted by Gasteiger charge is -2.37. The number of aryl methyl sites for hydroxylation is 2. The molecule has 0 aliphatic carbocycles. The molecule has 0 bridgehead atoms. The van der Waals surface area contributed by atoms with E-state index in [9.17, 15) is 19.5 Å². The fraction of sp³-hybridized carbons (Fsp3) is 0.486. The Morgan fingerprint density at radius 2 is 1.59 bits per heavy atom. The largest absolute Gasteiger partial charge is 0.494 e. The number of fused-ring (bicyclic) bond motifs is 2. The highest BCUT2D eigenvalue weighted by Gasteiger charge is 2.74. The number of anilines is 2. The first-order chi connectivity index (χ1) is 22.1. The molecule has 5 atom stereocenters. The van der Waals surface area contributed by atoms with Gasteiger partial charge in [0.05, 0.1) is 24.0 Å². The lowest BCUT2D eigenvalue weighted by atomic mass is 9.74. The summed E-state index contributed by atoms with van der Waals surface area (Å²) in [6, 6.07) is 12.5. The Morgan fingerprint density at radius 3 is 2.33 bits per heavy atom. The molecule has 244 valence electrons. The number of aliphatic hydroxyl groups excluding tert-OH is 1. The number of rotatable bonds is 10. The normalized spacial score (nSPS) is 28.7. The van der Waals surface area contributed by atoms with Gasteiger partial charge in [-0.15, -0.1) is 0 Å². The molecule has 0 radical (unpaired) electrons. The summed E-state index contributed by atoms with van der Waals surface area (Å²) in [4.78, 5) is 49.3. The van der Waals surface area contributed by atoms with Crippen molar-refractivity contribution >= 4 is 29.1 Å². The standard InChI is InChI=1S/C37H45N3O6/c1-5-45-28-16-14-27(15-17-28)38-21-10-18-36(4)30(33(38)42)31-34(43)40(20-8-6-7-9-23-41)32-35(44)39(22-11-19-37(31,32)46-36)29-24-25(2)12-13-26(29)3/h10-19,24,30-32,41H,5-9,20-23H2,1-4H3/t30-,31-,32?,36+,37-/m0/s1. The second kappa shape index (κ2) is 12.7. The summed E-state index contributed by atoms with van der Waals surface area (Å²) in [6.07, 6.45) is 10.7. The van der Waals surface area contributed by atoms with Gasteiger partial charge in [0.25, 0.3) is 5.91 Å². The van der Waals surface area contributed by atoms with Gasteiger partial charge in [-0.25, -0.2) is 0 Å². The number of benzene rings is 2. The topological polar surface area (TPSA) is 99.6 Å². The molecule has 4 heterocycles. The van der Waals surface area contributed by atoms with Crippen LogP contribution >= 0.6 is 0 Å². The molecule has 2 saturated heterocycles. The van der Waals surface area contributed by atoms with Gasteiger partial charge in [0.15, 0.2) is 0 Å². The molecule has 9 heteroatoms. The molecule has 2 aromatic carbocycles. The van der Waals surface area contributed by atoms with Crippen LogP contribution < -0.4 is 14.5 Å². The number of carbonyl (C=O) groups is 3. The summed E-state index contributed by atoms with van der Waals surface area (Å²) in [7, 11) is 0.